The number of para-hydroxylation sites is 1. The Hall–Kier alpha value is -3.36. The van der Waals surface area contributed by atoms with Crippen LogP contribution in [0.15, 0.2) is 36.7 Å². The number of rotatable bonds is 4. The van der Waals surface area contributed by atoms with E-state index in [0.29, 0.717) is 48.7 Å². The number of H-pyrrole nitrogens is 1. The average Bonchev–Trinajstić information content (AvgIpc) is 3.11. The highest BCUT2D eigenvalue weighted by molar-refractivity contribution is 5.85. The van der Waals surface area contributed by atoms with Crippen LogP contribution in [0.1, 0.15) is 12.8 Å². The molecule has 0 atom stereocenters. The highest BCUT2D eigenvalue weighted by Crippen LogP contribution is 2.32. The minimum atomic E-state index is -1.26. The van der Waals surface area contributed by atoms with Crippen molar-refractivity contribution < 1.29 is 14.6 Å². The maximum atomic E-state index is 11.9. The Labute approximate surface area is 148 Å². The highest BCUT2D eigenvalue weighted by atomic mass is 16.5. The maximum Gasteiger partial charge on any atom is 0.348 e. The summed E-state index contributed by atoms with van der Waals surface area (Å²) >= 11 is 0. The van der Waals surface area contributed by atoms with Crippen LogP contribution in [0.2, 0.25) is 0 Å². The SMILES string of the molecule is Nc1nc(N2CCC(Oc3ccccc3)(C(=O)O)CC2)c2[nH]cnc2n1. The summed E-state index contributed by atoms with van der Waals surface area (Å²) in [6.45, 7) is 0.924. The lowest BCUT2D eigenvalue weighted by Gasteiger charge is -2.39. The molecule has 0 spiro atoms. The van der Waals surface area contributed by atoms with Crippen molar-refractivity contribution in [2.24, 2.45) is 0 Å². The number of benzene rings is 1. The van der Waals surface area contributed by atoms with Gasteiger partial charge in [0.2, 0.25) is 11.5 Å². The molecule has 0 aliphatic carbocycles. The summed E-state index contributed by atoms with van der Waals surface area (Å²) in [7, 11) is 0. The molecule has 1 aliphatic rings. The molecule has 3 heterocycles. The van der Waals surface area contributed by atoms with Gasteiger partial charge in [-0.25, -0.2) is 9.78 Å². The first kappa shape index (κ1) is 16.1. The number of anilines is 2. The van der Waals surface area contributed by atoms with Crippen LogP contribution in [0.5, 0.6) is 5.75 Å². The number of nitrogens with zero attached hydrogens (tertiary/aromatic N) is 4. The lowest BCUT2D eigenvalue weighted by Crippen LogP contribution is -2.53. The number of aromatic amines is 1. The van der Waals surface area contributed by atoms with E-state index >= 15 is 0 Å². The molecule has 26 heavy (non-hydrogen) atoms. The summed E-state index contributed by atoms with van der Waals surface area (Å²) in [5, 5.41) is 9.78. The topological polar surface area (TPSA) is 130 Å². The molecule has 4 N–H and O–H groups in total. The molecule has 1 saturated heterocycles. The van der Waals surface area contributed by atoms with E-state index in [-0.39, 0.29) is 5.95 Å². The molecule has 0 radical (unpaired) electrons. The van der Waals surface area contributed by atoms with E-state index in [2.05, 4.69) is 19.9 Å². The molecule has 3 aromatic rings. The Bertz CT molecular complexity index is 934. The van der Waals surface area contributed by atoms with Gasteiger partial charge in [0.15, 0.2) is 11.5 Å². The van der Waals surface area contributed by atoms with Crippen LogP contribution in [0.4, 0.5) is 11.8 Å². The summed E-state index contributed by atoms with van der Waals surface area (Å²) < 4.78 is 5.88. The number of carboxylic acid groups (broad SMARTS) is 1. The molecule has 0 saturated carbocycles. The number of ether oxygens (including phenoxy) is 1. The van der Waals surface area contributed by atoms with E-state index in [0.717, 1.165) is 0 Å². The summed E-state index contributed by atoms with van der Waals surface area (Å²) in [6, 6.07) is 9.02. The van der Waals surface area contributed by atoms with Gasteiger partial charge in [0, 0.05) is 25.9 Å². The Morgan fingerprint density at radius 1 is 1.23 bits per heavy atom. The molecular formula is C17H18N6O3. The number of aromatic nitrogens is 4. The van der Waals surface area contributed by atoms with Gasteiger partial charge in [-0.1, -0.05) is 18.2 Å². The van der Waals surface area contributed by atoms with Crippen molar-refractivity contribution in [3.63, 3.8) is 0 Å². The summed E-state index contributed by atoms with van der Waals surface area (Å²) in [5.74, 6) is 0.347. The summed E-state index contributed by atoms with van der Waals surface area (Å²) in [5.41, 5.74) is 5.69. The Morgan fingerprint density at radius 2 is 1.96 bits per heavy atom. The Morgan fingerprint density at radius 3 is 2.65 bits per heavy atom. The van der Waals surface area contributed by atoms with Crippen molar-refractivity contribution in [1.29, 1.82) is 0 Å². The number of nitrogen functional groups attached to an aromatic ring is 1. The third-order valence-electron chi connectivity index (χ3n) is 4.60. The van der Waals surface area contributed by atoms with Crippen molar-refractivity contribution in [3.8, 4) is 5.75 Å². The van der Waals surface area contributed by atoms with Gasteiger partial charge in [0.25, 0.3) is 0 Å². The first-order valence-corrected chi connectivity index (χ1v) is 8.26. The van der Waals surface area contributed by atoms with Gasteiger partial charge in [0.1, 0.15) is 11.3 Å². The molecule has 1 aliphatic heterocycles. The van der Waals surface area contributed by atoms with Crippen LogP contribution in [0, 0.1) is 0 Å². The van der Waals surface area contributed by atoms with Crippen LogP contribution in [-0.2, 0) is 4.79 Å². The van der Waals surface area contributed by atoms with Gasteiger partial charge in [0.05, 0.1) is 6.33 Å². The molecule has 0 amide bonds. The second kappa shape index (κ2) is 6.17. The second-order valence-corrected chi connectivity index (χ2v) is 6.21. The maximum absolute atomic E-state index is 11.9. The van der Waals surface area contributed by atoms with Crippen LogP contribution in [0.25, 0.3) is 11.2 Å². The fourth-order valence-corrected chi connectivity index (χ4v) is 3.22. The van der Waals surface area contributed by atoms with E-state index < -0.39 is 11.6 Å². The molecule has 0 unspecified atom stereocenters. The van der Waals surface area contributed by atoms with Crippen molar-refractivity contribution in [2.75, 3.05) is 23.7 Å². The third kappa shape index (κ3) is 2.77. The minimum Gasteiger partial charge on any atom is -0.478 e. The van der Waals surface area contributed by atoms with Crippen LogP contribution in [-0.4, -0.2) is 49.7 Å². The number of carboxylic acids is 1. The zero-order chi connectivity index (χ0) is 18.1. The molecule has 9 nitrogen and oxygen atoms in total. The molecule has 1 aromatic carbocycles. The van der Waals surface area contributed by atoms with Gasteiger partial charge in [-0.2, -0.15) is 9.97 Å². The van der Waals surface area contributed by atoms with E-state index in [1.807, 2.05) is 23.1 Å². The van der Waals surface area contributed by atoms with Gasteiger partial charge in [-0.3, -0.25) is 0 Å². The van der Waals surface area contributed by atoms with E-state index in [9.17, 15) is 9.90 Å². The van der Waals surface area contributed by atoms with Gasteiger partial charge < -0.3 is 25.5 Å². The summed E-state index contributed by atoms with van der Waals surface area (Å²) in [6.07, 6.45) is 2.17. The summed E-state index contributed by atoms with van der Waals surface area (Å²) in [4.78, 5) is 29.4. The van der Waals surface area contributed by atoms with E-state index in [1.54, 1.807) is 12.1 Å². The lowest BCUT2D eigenvalue weighted by atomic mass is 9.91. The van der Waals surface area contributed by atoms with E-state index in [4.69, 9.17) is 10.5 Å². The zero-order valence-electron chi connectivity index (χ0n) is 13.9. The number of aliphatic carboxylic acids is 1. The number of hydrogen-bond acceptors (Lipinski definition) is 7. The lowest BCUT2D eigenvalue weighted by molar-refractivity contribution is -0.157. The quantitative estimate of drug-likeness (QED) is 0.641. The normalized spacial score (nSPS) is 16.5. The fourth-order valence-electron chi connectivity index (χ4n) is 3.22. The standard InChI is InChI=1S/C17H18N6O3/c18-16-21-13-12(19-10-20-13)14(22-16)23-8-6-17(7-9-23,15(24)25)26-11-4-2-1-3-5-11/h1-5,10H,6-9H2,(H,24,25)(H3,18,19,20,21,22). The fraction of sp³-hybridized carbons (Fsp3) is 0.294. The molecule has 1 fully saturated rings. The second-order valence-electron chi connectivity index (χ2n) is 6.21. The first-order chi connectivity index (χ1) is 12.6. The van der Waals surface area contributed by atoms with Crippen molar-refractivity contribution >= 4 is 28.9 Å². The van der Waals surface area contributed by atoms with Crippen LogP contribution in [0.3, 0.4) is 0 Å². The molecule has 0 bridgehead atoms. The first-order valence-electron chi connectivity index (χ1n) is 8.26. The van der Waals surface area contributed by atoms with Gasteiger partial charge in [-0.15, -0.1) is 0 Å². The van der Waals surface area contributed by atoms with Crippen molar-refractivity contribution in [3.05, 3.63) is 36.7 Å². The molecule has 9 heteroatoms. The Kier molecular flexibility index (Phi) is 3.83. The number of hydrogen-bond donors (Lipinski definition) is 3. The smallest absolute Gasteiger partial charge is 0.348 e. The number of imidazole rings is 1. The predicted molar refractivity (Wildman–Crippen MR) is 95.0 cm³/mol. The van der Waals surface area contributed by atoms with Crippen molar-refractivity contribution in [2.45, 2.75) is 18.4 Å². The zero-order valence-corrected chi connectivity index (χ0v) is 13.9. The third-order valence-corrected chi connectivity index (χ3v) is 4.60. The molecule has 2 aromatic heterocycles. The Balaban J connectivity index is 1.58. The predicted octanol–water partition coefficient (Wildman–Crippen LogP) is 1.44. The van der Waals surface area contributed by atoms with Crippen LogP contribution < -0.4 is 15.4 Å². The number of piperidine rings is 1. The number of carbonyl (C=O) groups is 1. The molecule has 4 rings (SSSR count). The van der Waals surface area contributed by atoms with Gasteiger partial charge >= 0.3 is 5.97 Å². The highest BCUT2D eigenvalue weighted by Gasteiger charge is 2.44. The van der Waals surface area contributed by atoms with Crippen LogP contribution >= 0.6 is 0 Å². The van der Waals surface area contributed by atoms with E-state index in [1.165, 1.54) is 6.33 Å². The van der Waals surface area contributed by atoms with Gasteiger partial charge in [-0.05, 0) is 12.1 Å². The number of nitrogens with one attached hydrogen (secondary N) is 1. The molecule has 134 valence electrons. The minimum absolute atomic E-state index is 0.134. The number of fused-ring (bicyclic) bond motifs is 1. The average molecular weight is 354 g/mol. The van der Waals surface area contributed by atoms with Crippen molar-refractivity contribution in [1.82, 2.24) is 19.9 Å². The number of nitrogens with two attached hydrogens (primary N) is 1. The molecular weight excluding hydrogens is 336 g/mol. The monoisotopic (exact) mass is 354 g/mol. The largest absolute Gasteiger partial charge is 0.478 e.